The van der Waals surface area contributed by atoms with Gasteiger partial charge in [-0.3, -0.25) is 4.79 Å². The first-order valence-corrected chi connectivity index (χ1v) is 7.21. The Hall–Kier alpha value is -2.75. The molecule has 0 radical (unpaired) electrons. The third-order valence-corrected chi connectivity index (χ3v) is 3.58. The molecule has 23 heavy (non-hydrogen) atoms. The second kappa shape index (κ2) is 7.01. The van der Waals surface area contributed by atoms with Crippen LogP contribution in [0.5, 0.6) is 17.2 Å². The highest BCUT2D eigenvalue weighted by atomic mass is 16.5. The zero-order valence-corrected chi connectivity index (χ0v) is 13.7. The number of ketones is 1. The molecule has 2 rings (SSSR count). The molecule has 0 aliphatic rings. The van der Waals surface area contributed by atoms with Gasteiger partial charge in [0.05, 0.1) is 14.2 Å². The van der Waals surface area contributed by atoms with Gasteiger partial charge >= 0.3 is 0 Å². The lowest BCUT2D eigenvalue weighted by Gasteiger charge is -2.09. The molecule has 0 aliphatic carbocycles. The zero-order valence-electron chi connectivity index (χ0n) is 13.7. The first-order chi connectivity index (χ1) is 11.0. The standard InChI is InChI=1S/C19H20O4/c1-12-5-7-15(13(2)9-12)16(20)8-6-14-10-17(22-3)19(21)18(11-14)23-4/h5-11,21H,1-4H3. The second-order valence-corrected chi connectivity index (χ2v) is 5.29. The molecule has 0 fully saturated rings. The molecule has 0 aromatic heterocycles. The molecular weight excluding hydrogens is 292 g/mol. The first-order valence-electron chi connectivity index (χ1n) is 7.21. The summed E-state index contributed by atoms with van der Waals surface area (Å²) < 4.78 is 10.2. The number of allylic oxidation sites excluding steroid dienone is 1. The third kappa shape index (κ3) is 3.72. The summed E-state index contributed by atoms with van der Waals surface area (Å²) in [7, 11) is 2.92. The van der Waals surface area contributed by atoms with Crippen LogP contribution in [-0.2, 0) is 0 Å². The molecule has 0 saturated carbocycles. The smallest absolute Gasteiger partial charge is 0.200 e. The van der Waals surface area contributed by atoms with E-state index in [0.29, 0.717) is 22.6 Å². The number of hydrogen-bond donors (Lipinski definition) is 1. The van der Waals surface area contributed by atoms with Gasteiger partial charge in [0, 0.05) is 5.56 Å². The van der Waals surface area contributed by atoms with Gasteiger partial charge in [-0.15, -0.1) is 0 Å². The monoisotopic (exact) mass is 312 g/mol. The van der Waals surface area contributed by atoms with Crippen LogP contribution in [0.1, 0.15) is 27.0 Å². The van der Waals surface area contributed by atoms with Crippen molar-refractivity contribution in [3.05, 3.63) is 58.7 Å². The largest absolute Gasteiger partial charge is 0.502 e. The zero-order chi connectivity index (χ0) is 17.0. The molecule has 2 aromatic carbocycles. The summed E-state index contributed by atoms with van der Waals surface area (Å²) in [6.07, 6.45) is 3.18. The molecular formula is C19H20O4. The fraction of sp³-hybridized carbons (Fsp3) is 0.211. The van der Waals surface area contributed by atoms with Crippen LogP contribution in [-0.4, -0.2) is 25.1 Å². The summed E-state index contributed by atoms with van der Waals surface area (Å²) in [6, 6.07) is 9.01. The van der Waals surface area contributed by atoms with Crippen molar-refractivity contribution < 1.29 is 19.4 Å². The number of aromatic hydroxyl groups is 1. The number of phenolic OH excluding ortho intramolecular Hbond substituents is 1. The normalized spacial score (nSPS) is 10.8. The van der Waals surface area contributed by atoms with Crippen molar-refractivity contribution in [1.29, 1.82) is 0 Å². The molecule has 4 heteroatoms. The van der Waals surface area contributed by atoms with Gasteiger partial charge in [0.25, 0.3) is 0 Å². The lowest BCUT2D eigenvalue weighted by Crippen LogP contribution is -1.98. The highest BCUT2D eigenvalue weighted by molar-refractivity contribution is 6.07. The Bertz CT molecular complexity index is 735. The van der Waals surface area contributed by atoms with Crippen LogP contribution >= 0.6 is 0 Å². The summed E-state index contributed by atoms with van der Waals surface area (Å²) in [5, 5.41) is 9.89. The lowest BCUT2D eigenvalue weighted by molar-refractivity contribution is 0.104. The van der Waals surface area contributed by atoms with Crippen LogP contribution in [0.2, 0.25) is 0 Å². The fourth-order valence-corrected chi connectivity index (χ4v) is 2.36. The maximum absolute atomic E-state index is 12.3. The van der Waals surface area contributed by atoms with E-state index in [-0.39, 0.29) is 11.5 Å². The number of benzene rings is 2. The Morgan fingerprint density at radius 3 is 2.17 bits per heavy atom. The molecule has 0 saturated heterocycles. The highest BCUT2D eigenvalue weighted by Crippen LogP contribution is 2.37. The number of carbonyl (C=O) groups is 1. The number of carbonyl (C=O) groups excluding carboxylic acids is 1. The van der Waals surface area contributed by atoms with Gasteiger partial charge in [0.2, 0.25) is 5.75 Å². The lowest BCUT2D eigenvalue weighted by atomic mass is 10.0. The molecule has 0 aliphatic heterocycles. The molecule has 0 spiro atoms. The Balaban J connectivity index is 2.30. The van der Waals surface area contributed by atoms with Crippen molar-refractivity contribution in [3.63, 3.8) is 0 Å². The Labute approximate surface area is 136 Å². The topological polar surface area (TPSA) is 55.8 Å². The SMILES string of the molecule is COc1cc(C=CC(=O)c2ccc(C)cc2C)cc(OC)c1O. The number of hydrogen-bond acceptors (Lipinski definition) is 4. The fourth-order valence-electron chi connectivity index (χ4n) is 2.36. The van der Waals surface area contributed by atoms with E-state index in [1.807, 2.05) is 32.0 Å². The average Bonchev–Trinajstić information content (AvgIpc) is 2.53. The Morgan fingerprint density at radius 1 is 1.04 bits per heavy atom. The van der Waals surface area contributed by atoms with Crippen molar-refractivity contribution >= 4 is 11.9 Å². The predicted octanol–water partition coefficient (Wildman–Crippen LogP) is 3.92. The van der Waals surface area contributed by atoms with Crippen LogP contribution in [0.4, 0.5) is 0 Å². The van der Waals surface area contributed by atoms with Gasteiger partial charge in [-0.1, -0.05) is 29.8 Å². The Kier molecular flexibility index (Phi) is 5.06. The summed E-state index contributed by atoms with van der Waals surface area (Å²) in [5.41, 5.74) is 3.44. The first kappa shape index (κ1) is 16.6. The van der Waals surface area contributed by atoms with Gasteiger partial charge in [-0.2, -0.15) is 0 Å². The van der Waals surface area contributed by atoms with Gasteiger partial charge in [0.1, 0.15) is 0 Å². The predicted molar refractivity (Wildman–Crippen MR) is 90.5 cm³/mol. The van der Waals surface area contributed by atoms with Crippen LogP contribution in [0.3, 0.4) is 0 Å². The van der Waals surface area contributed by atoms with Gasteiger partial charge in [0.15, 0.2) is 17.3 Å². The molecule has 0 unspecified atom stereocenters. The van der Waals surface area contributed by atoms with E-state index in [0.717, 1.165) is 11.1 Å². The number of rotatable bonds is 5. The summed E-state index contributed by atoms with van der Waals surface area (Å²) >= 11 is 0. The molecule has 0 bridgehead atoms. The number of ether oxygens (including phenoxy) is 2. The van der Waals surface area contributed by atoms with E-state index in [1.54, 1.807) is 18.2 Å². The van der Waals surface area contributed by atoms with Crippen molar-refractivity contribution in [2.75, 3.05) is 14.2 Å². The molecule has 0 atom stereocenters. The van der Waals surface area contributed by atoms with E-state index in [1.165, 1.54) is 20.3 Å². The summed E-state index contributed by atoms with van der Waals surface area (Å²) in [5.74, 6) is 0.451. The van der Waals surface area contributed by atoms with Crippen LogP contribution in [0.25, 0.3) is 6.08 Å². The van der Waals surface area contributed by atoms with E-state index in [4.69, 9.17) is 9.47 Å². The molecule has 120 valence electrons. The van der Waals surface area contributed by atoms with Crippen LogP contribution in [0, 0.1) is 13.8 Å². The Morgan fingerprint density at radius 2 is 1.65 bits per heavy atom. The number of methoxy groups -OCH3 is 2. The van der Waals surface area contributed by atoms with Crippen molar-refractivity contribution in [2.45, 2.75) is 13.8 Å². The molecule has 0 amide bonds. The second-order valence-electron chi connectivity index (χ2n) is 5.29. The van der Waals surface area contributed by atoms with E-state index in [9.17, 15) is 9.90 Å². The number of aryl methyl sites for hydroxylation is 2. The molecule has 2 aromatic rings. The van der Waals surface area contributed by atoms with Crippen molar-refractivity contribution in [3.8, 4) is 17.2 Å². The maximum Gasteiger partial charge on any atom is 0.200 e. The molecule has 1 N–H and O–H groups in total. The maximum atomic E-state index is 12.3. The van der Waals surface area contributed by atoms with E-state index in [2.05, 4.69) is 0 Å². The van der Waals surface area contributed by atoms with E-state index >= 15 is 0 Å². The van der Waals surface area contributed by atoms with E-state index < -0.39 is 0 Å². The third-order valence-electron chi connectivity index (χ3n) is 3.58. The number of phenols is 1. The summed E-state index contributed by atoms with van der Waals surface area (Å²) in [4.78, 5) is 12.3. The molecule has 0 heterocycles. The minimum atomic E-state index is -0.0755. The van der Waals surface area contributed by atoms with Gasteiger partial charge < -0.3 is 14.6 Å². The highest BCUT2D eigenvalue weighted by Gasteiger charge is 2.11. The van der Waals surface area contributed by atoms with Gasteiger partial charge in [-0.25, -0.2) is 0 Å². The molecule has 4 nitrogen and oxygen atoms in total. The van der Waals surface area contributed by atoms with Crippen LogP contribution < -0.4 is 9.47 Å². The van der Waals surface area contributed by atoms with Crippen molar-refractivity contribution in [2.24, 2.45) is 0 Å². The quantitative estimate of drug-likeness (QED) is 0.671. The minimum absolute atomic E-state index is 0.0622. The average molecular weight is 312 g/mol. The van der Waals surface area contributed by atoms with Crippen molar-refractivity contribution in [1.82, 2.24) is 0 Å². The van der Waals surface area contributed by atoms with Crippen LogP contribution in [0.15, 0.2) is 36.4 Å². The van der Waals surface area contributed by atoms with Gasteiger partial charge in [-0.05, 0) is 43.2 Å². The summed E-state index contributed by atoms with van der Waals surface area (Å²) in [6.45, 7) is 3.91. The minimum Gasteiger partial charge on any atom is -0.502 e.